The van der Waals surface area contributed by atoms with Gasteiger partial charge >= 0.3 is 12.0 Å². The topological polar surface area (TPSA) is 120 Å². The van der Waals surface area contributed by atoms with Crippen LogP contribution >= 0.6 is 0 Å². The molecular weight excluding hydrogens is 344 g/mol. The number of amides is 3. The molecule has 0 aliphatic heterocycles. The van der Waals surface area contributed by atoms with Gasteiger partial charge in [0.15, 0.2) is 24.4 Å². The summed E-state index contributed by atoms with van der Waals surface area (Å²) in [6.07, 6.45) is 0.456. The summed E-state index contributed by atoms with van der Waals surface area (Å²) in [4.78, 5) is 46.6. The van der Waals surface area contributed by atoms with Crippen molar-refractivity contribution in [3.8, 4) is 11.5 Å². The maximum atomic E-state index is 12.3. The number of hydrogen-bond acceptors (Lipinski definition) is 7. The van der Waals surface area contributed by atoms with E-state index in [0.29, 0.717) is 12.8 Å². The Kier molecular flexibility index (Phi) is 8.07. The van der Waals surface area contributed by atoms with Crippen molar-refractivity contribution in [2.24, 2.45) is 5.92 Å². The Hall–Kier alpha value is -3.10. The highest BCUT2D eigenvalue weighted by Gasteiger charge is 2.23. The molecule has 0 heterocycles. The van der Waals surface area contributed by atoms with Crippen molar-refractivity contribution in [3.05, 3.63) is 23.3 Å². The Balaban J connectivity index is 2.78. The average molecular weight is 366 g/mol. The Morgan fingerprint density at radius 1 is 1.15 bits per heavy atom. The van der Waals surface area contributed by atoms with Gasteiger partial charge in [0.2, 0.25) is 0 Å². The molecule has 2 N–H and O–H groups in total. The van der Waals surface area contributed by atoms with E-state index in [1.807, 2.05) is 19.2 Å². The number of imide groups is 1. The zero-order valence-electron chi connectivity index (χ0n) is 15.1. The zero-order valence-corrected chi connectivity index (χ0v) is 15.1. The Morgan fingerprint density at radius 2 is 1.85 bits per heavy atom. The molecule has 0 unspecified atom stereocenters. The first-order valence-corrected chi connectivity index (χ1v) is 7.79. The third-order valence-corrected chi connectivity index (χ3v) is 3.17. The van der Waals surface area contributed by atoms with Gasteiger partial charge in [0.1, 0.15) is 5.56 Å². The molecular formula is C17H22N2O7. The molecule has 0 spiro atoms. The average Bonchev–Trinajstić information content (AvgIpc) is 2.62. The van der Waals surface area contributed by atoms with Crippen LogP contribution in [0.1, 0.15) is 34.6 Å². The Labute approximate surface area is 151 Å². The van der Waals surface area contributed by atoms with Crippen molar-refractivity contribution < 1.29 is 33.4 Å². The first kappa shape index (κ1) is 20.9. The summed E-state index contributed by atoms with van der Waals surface area (Å²) in [6.45, 7) is 3.49. The van der Waals surface area contributed by atoms with Crippen LogP contribution in [0.15, 0.2) is 12.1 Å². The molecule has 0 saturated heterocycles. The van der Waals surface area contributed by atoms with Crippen molar-refractivity contribution in [2.75, 3.05) is 27.4 Å². The standard InChI is InChI=1S/C17H22N2O7/c1-10(2)7-18-17(23)19-13(21)9-26-16(22)14-11(8-20)5-6-12(24-3)15(14)25-4/h5-6,8,10H,7,9H2,1-4H3,(H2,18,19,21,23). The fourth-order valence-corrected chi connectivity index (χ4v) is 1.96. The van der Waals surface area contributed by atoms with Crippen LogP contribution in [-0.4, -0.2) is 51.6 Å². The van der Waals surface area contributed by atoms with Crippen molar-refractivity contribution in [3.63, 3.8) is 0 Å². The minimum atomic E-state index is -0.958. The Bertz CT molecular complexity index is 686. The van der Waals surface area contributed by atoms with E-state index in [-0.39, 0.29) is 28.5 Å². The van der Waals surface area contributed by atoms with Crippen LogP contribution in [0.4, 0.5) is 4.79 Å². The highest BCUT2D eigenvalue weighted by Crippen LogP contribution is 2.33. The number of esters is 1. The molecule has 0 aliphatic carbocycles. The van der Waals surface area contributed by atoms with Crippen molar-refractivity contribution >= 4 is 24.2 Å². The van der Waals surface area contributed by atoms with Gasteiger partial charge in [0.25, 0.3) is 5.91 Å². The van der Waals surface area contributed by atoms with Gasteiger partial charge in [-0.15, -0.1) is 0 Å². The van der Waals surface area contributed by atoms with E-state index >= 15 is 0 Å². The van der Waals surface area contributed by atoms with Crippen LogP contribution < -0.4 is 20.1 Å². The van der Waals surface area contributed by atoms with Gasteiger partial charge in [-0.1, -0.05) is 13.8 Å². The number of aldehydes is 1. The molecule has 0 radical (unpaired) electrons. The van der Waals surface area contributed by atoms with E-state index < -0.39 is 24.5 Å². The molecule has 1 rings (SSSR count). The van der Waals surface area contributed by atoms with E-state index in [2.05, 4.69) is 5.32 Å². The van der Waals surface area contributed by atoms with Crippen molar-refractivity contribution in [1.82, 2.24) is 10.6 Å². The Morgan fingerprint density at radius 3 is 2.38 bits per heavy atom. The number of carbonyl (C=O) groups excluding carboxylic acids is 4. The van der Waals surface area contributed by atoms with E-state index in [9.17, 15) is 19.2 Å². The second-order valence-corrected chi connectivity index (χ2v) is 5.61. The summed E-state index contributed by atoms with van der Waals surface area (Å²) >= 11 is 0. The molecule has 1 aromatic carbocycles. The second kappa shape index (κ2) is 10.0. The lowest BCUT2D eigenvalue weighted by molar-refractivity contribution is -0.123. The number of benzene rings is 1. The van der Waals surface area contributed by atoms with Crippen molar-refractivity contribution in [1.29, 1.82) is 0 Å². The maximum Gasteiger partial charge on any atom is 0.343 e. The molecule has 0 atom stereocenters. The lowest BCUT2D eigenvalue weighted by Gasteiger charge is -2.14. The fraction of sp³-hybridized carbons (Fsp3) is 0.412. The largest absolute Gasteiger partial charge is 0.493 e. The molecule has 1 aromatic rings. The number of methoxy groups -OCH3 is 2. The van der Waals surface area contributed by atoms with Gasteiger partial charge in [0.05, 0.1) is 14.2 Å². The molecule has 26 heavy (non-hydrogen) atoms. The highest BCUT2D eigenvalue weighted by atomic mass is 16.5. The number of ether oxygens (including phenoxy) is 3. The SMILES string of the molecule is COc1ccc(C=O)c(C(=O)OCC(=O)NC(=O)NCC(C)C)c1OC. The molecule has 0 aliphatic rings. The summed E-state index contributed by atoms with van der Waals surface area (Å²) in [5, 5.41) is 4.52. The summed E-state index contributed by atoms with van der Waals surface area (Å²) < 4.78 is 15.1. The smallest absolute Gasteiger partial charge is 0.343 e. The van der Waals surface area contributed by atoms with Crippen LogP contribution in [0.3, 0.4) is 0 Å². The van der Waals surface area contributed by atoms with Gasteiger partial charge in [-0.05, 0) is 18.1 Å². The van der Waals surface area contributed by atoms with E-state index in [1.165, 1.54) is 26.4 Å². The van der Waals surface area contributed by atoms with Gasteiger partial charge in [-0.3, -0.25) is 14.9 Å². The molecule has 9 nitrogen and oxygen atoms in total. The van der Waals surface area contributed by atoms with Gasteiger partial charge in [-0.2, -0.15) is 0 Å². The maximum absolute atomic E-state index is 12.3. The molecule has 9 heteroatoms. The quantitative estimate of drug-likeness (QED) is 0.523. The lowest BCUT2D eigenvalue weighted by Crippen LogP contribution is -2.42. The summed E-state index contributed by atoms with van der Waals surface area (Å²) in [5.41, 5.74) is -0.151. The second-order valence-electron chi connectivity index (χ2n) is 5.61. The normalized spacial score (nSPS) is 10.0. The number of nitrogens with one attached hydrogen (secondary N) is 2. The summed E-state index contributed by atoms with van der Waals surface area (Å²) in [7, 11) is 2.67. The molecule has 0 aromatic heterocycles. The van der Waals surface area contributed by atoms with Gasteiger partial charge in [-0.25, -0.2) is 9.59 Å². The van der Waals surface area contributed by atoms with E-state index in [1.54, 1.807) is 0 Å². The van der Waals surface area contributed by atoms with Crippen molar-refractivity contribution in [2.45, 2.75) is 13.8 Å². The highest BCUT2D eigenvalue weighted by molar-refractivity contribution is 6.03. The fourth-order valence-electron chi connectivity index (χ4n) is 1.96. The van der Waals surface area contributed by atoms with Crippen LogP contribution in [-0.2, 0) is 9.53 Å². The molecule has 0 bridgehead atoms. The predicted octanol–water partition coefficient (Wildman–Crippen LogP) is 1.15. The van der Waals surface area contributed by atoms with Gasteiger partial charge in [0, 0.05) is 12.1 Å². The number of carbonyl (C=O) groups is 4. The number of hydrogen-bond donors (Lipinski definition) is 2. The molecule has 142 valence electrons. The molecule has 0 saturated carbocycles. The van der Waals surface area contributed by atoms with Crippen LogP contribution in [0.5, 0.6) is 11.5 Å². The van der Waals surface area contributed by atoms with Gasteiger partial charge < -0.3 is 19.5 Å². The van der Waals surface area contributed by atoms with Crippen LogP contribution in [0.25, 0.3) is 0 Å². The zero-order chi connectivity index (χ0) is 19.7. The predicted molar refractivity (Wildman–Crippen MR) is 91.6 cm³/mol. The number of rotatable bonds is 8. The molecule has 0 fully saturated rings. The van der Waals surface area contributed by atoms with E-state index in [0.717, 1.165) is 0 Å². The lowest BCUT2D eigenvalue weighted by atomic mass is 10.1. The van der Waals surface area contributed by atoms with Crippen LogP contribution in [0, 0.1) is 5.92 Å². The number of urea groups is 1. The minimum Gasteiger partial charge on any atom is -0.493 e. The van der Waals surface area contributed by atoms with Crippen LogP contribution in [0.2, 0.25) is 0 Å². The summed E-state index contributed by atoms with van der Waals surface area (Å²) in [5.74, 6) is -1.31. The van der Waals surface area contributed by atoms with E-state index in [4.69, 9.17) is 14.2 Å². The minimum absolute atomic E-state index is 0.0113. The summed E-state index contributed by atoms with van der Waals surface area (Å²) in [6, 6.07) is 2.14. The first-order chi connectivity index (χ1) is 12.3. The monoisotopic (exact) mass is 366 g/mol. The third-order valence-electron chi connectivity index (χ3n) is 3.17. The third kappa shape index (κ3) is 5.76. The first-order valence-electron chi connectivity index (χ1n) is 7.79. The molecule has 3 amide bonds.